The van der Waals surface area contributed by atoms with Gasteiger partial charge in [-0.2, -0.15) is 0 Å². The average molecular weight is 222 g/mol. The Balaban J connectivity index is 2.72. The number of aromatic nitrogens is 2. The maximum Gasteiger partial charge on any atom is 0.301 e. The van der Waals surface area contributed by atoms with Crippen LogP contribution in [0.3, 0.4) is 0 Å². The van der Waals surface area contributed by atoms with Gasteiger partial charge in [0.2, 0.25) is 0 Å². The van der Waals surface area contributed by atoms with E-state index in [4.69, 9.17) is 4.74 Å². The molecule has 0 fully saturated rings. The molecule has 16 heavy (non-hydrogen) atoms. The lowest BCUT2D eigenvalue weighted by Gasteiger charge is -2.07. The molecule has 0 saturated heterocycles. The maximum absolute atomic E-state index is 11.5. The van der Waals surface area contributed by atoms with Gasteiger partial charge in [0, 0.05) is 5.82 Å². The molecule has 0 spiro atoms. The van der Waals surface area contributed by atoms with E-state index >= 15 is 0 Å². The molecule has 1 aromatic heterocycles. The van der Waals surface area contributed by atoms with Gasteiger partial charge in [0.25, 0.3) is 7.28 Å². The van der Waals surface area contributed by atoms with Gasteiger partial charge >= 0.3 is 5.97 Å². The molecule has 0 aliphatic rings. The van der Waals surface area contributed by atoms with Crippen LogP contribution in [-0.4, -0.2) is 24.4 Å². The standard InChI is InChI=1S/C11H19BN2O2/c1-5-14-8-7-13(4)11(14)12-9(3)10(15)16-6-2/h7-9H,5-6H2,1-4H3/q+1. The Morgan fingerprint density at radius 2 is 2.31 bits per heavy atom. The molecule has 0 aliphatic heterocycles. The molecule has 0 amide bonds. The Hall–Kier alpha value is -1.26. The lowest BCUT2D eigenvalue weighted by Crippen LogP contribution is -2.51. The molecule has 1 aromatic rings. The van der Waals surface area contributed by atoms with Gasteiger partial charge in [-0.15, -0.1) is 0 Å². The van der Waals surface area contributed by atoms with Crippen LogP contribution >= 0.6 is 0 Å². The summed E-state index contributed by atoms with van der Waals surface area (Å²) in [6, 6.07) is 0. The van der Waals surface area contributed by atoms with Gasteiger partial charge in [0.05, 0.1) is 20.2 Å². The minimum Gasteiger partial charge on any atom is -0.466 e. The zero-order valence-corrected chi connectivity index (χ0v) is 10.4. The Kier molecular flexibility index (Phi) is 4.59. The molecule has 0 N–H and O–H groups in total. The summed E-state index contributed by atoms with van der Waals surface area (Å²) in [5.74, 6) is -0.391. The second-order valence-corrected chi connectivity index (χ2v) is 3.76. The van der Waals surface area contributed by atoms with Crippen LogP contribution in [0.1, 0.15) is 20.8 Å². The first-order valence-electron chi connectivity index (χ1n) is 5.66. The van der Waals surface area contributed by atoms with Crippen molar-refractivity contribution in [2.24, 2.45) is 7.05 Å². The highest BCUT2D eigenvalue weighted by molar-refractivity contribution is 6.56. The number of aryl methyl sites for hydroxylation is 2. The van der Waals surface area contributed by atoms with Crippen LogP contribution in [0.25, 0.3) is 0 Å². The largest absolute Gasteiger partial charge is 0.466 e. The van der Waals surface area contributed by atoms with Crippen LogP contribution in [0.2, 0.25) is 5.82 Å². The van der Waals surface area contributed by atoms with Gasteiger partial charge in [0.1, 0.15) is 12.4 Å². The Morgan fingerprint density at radius 3 is 2.88 bits per heavy atom. The van der Waals surface area contributed by atoms with Crippen LogP contribution in [0.4, 0.5) is 0 Å². The fourth-order valence-electron chi connectivity index (χ4n) is 1.58. The number of carbonyl (C=O) groups is 1. The zero-order chi connectivity index (χ0) is 12.1. The lowest BCUT2D eigenvalue weighted by atomic mass is 9.64. The highest BCUT2D eigenvalue weighted by Crippen LogP contribution is 2.03. The van der Waals surface area contributed by atoms with Crippen molar-refractivity contribution in [3.8, 4) is 0 Å². The van der Waals surface area contributed by atoms with Gasteiger partial charge in [0.15, 0.2) is 5.72 Å². The topological polar surface area (TPSA) is 35.1 Å². The average Bonchev–Trinajstić information content (AvgIpc) is 2.60. The lowest BCUT2D eigenvalue weighted by molar-refractivity contribution is -0.653. The molecule has 1 heterocycles. The van der Waals surface area contributed by atoms with E-state index in [2.05, 4.69) is 11.5 Å². The summed E-state index contributed by atoms with van der Waals surface area (Å²) in [6.07, 6.45) is 3.98. The van der Waals surface area contributed by atoms with Gasteiger partial charge in [-0.1, -0.05) is 6.92 Å². The van der Waals surface area contributed by atoms with E-state index in [-0.39, 0.29) is 11.8 Å². The number of esters is 1. The fourth-order valence-corrected chi connectivity index (χ4v) is 1.58. The first kappa shape index (κ1) is 12.8. The van der Waals surface area contributed by atoms with E-state index in [1.807, 2.05) is 45.1 Å². The first-order chi connectivity index (χ1) is 7.60. The van der Waals surface area contributed by atoms with Gasteiger partial charge in [-0.25, -0.2) is 9.13 Å². The number of nitrogens with zero attached hydrogens (tertiary/aromatic N) is 2. The van der Waals surface area contributed by atoms with Gasteiger partial charge < -0.3 is 4.74 Å². The summed E-state index contributed by atoms with van der Waals surface area (Å²) in [7, 11) is 3.90. The van der Waals surface area contributed by atoms with Crippen LogP contribution < -0.4 is 10.3 Å². The quantitative estimate of drug-likeness (QED) is 0.400. The number of ether oxygens (including phenoxy) is 1. The van der Waals surface area contributed by atoms with E-state index < -0.39 is 0 Å². The number of carbonyl (C=O) groups excluding carboxylic acids is 1. The van der Waals surface area contributed by atoms with Crippen molar-refractivity contribution in [3.05, 3.63) is 12.4 Å². The molecule has 0 aromatic carbocycles. The smallest absolute Gasteiger partial charge is 0.301 e. The van der Waals surface area contributed by atoms with Crippen LogP contribution in [0, 0.1) is 0 Å². The van der Waals surface area contributed by atoms with Gasteiger partial charge in [-0.3, -0.25) is 4.79 Å². The number of imidazole rings is 1. The molecule has 87 valence electrons. The maximum atomic E-state index is 11.5. The Morgan fingerprint density at radius 1 is 1.62 bits per heavy atom. The van der Waals surface area contributed by atoms with Crippen molar-refractivity contribution < 1.29 is 14.1 Å². The van der Waals surface area contributed by atoms with E-state index in [9.17, 15) is 4.79 Å². The van der Waals surface area contributed by atoms with E-state index in [0.717, 1.165) is 12.3 Å². The Labute approximate surface area is 97.5 Å². The van der Waals surface area contributed by atoms with E-state index in [1.165, 1.54) is 0 Å². The highest BCUT2D eigenvalue weighted by atomic mass is 16.5. The van der Waals surface area contributed by atoms with E-state index in [0.29, 0.717) is 6.61 Å². The third-order valence-corrected chi connectivity index (χ3v) is 2.52. The first-order valence-corrected chi connectivity index (χ1v) is 5.66. The molecule has 1 rings (SSSR count). The number of hydrogen-bond acceptors (Lipinski definition) is 2. The minimum absolute atomic E-state index is 0.175. The zero-order valence-electron chi connectivity index (χ0n) is 10.4. The fraction of sp³-hybridized carbons (Fsp3) is 0.636. The summed E-state index contributed by atoms with van der Waals surface area (Å²) in [6.45, 7) is 7.07. The molecule has 1 unspecified atom stereocenters. The molecule has 0 saturated carbocycles. The second kappa shape index (κ2) is 5.73. The third kappa shape index (κ3) is 2.87. The summed E-state index contributed by atoms with van der Waals surface area (Å²) >= 11 is 0. The summed E-state index contributed by atoms with van der Waals surface area (Å²) in [5.41, 5.74) is 1.03. The summed E-state index contributed by atoms with van der Waals surface area (Å²) in [5, 5.41) is 0. The predicted molar refractivity (Wildman–Crippen MR) is 62.7 cm³/mol. The molecule has 1 radical (unpaired) electrons. The van der Waals surface area contributed by atoms with Crippen LogP contribution in [0.15, 0.2) is 12.4 Å². The number of hydrogen-bond donors (Lipinski definition) is 0. The minimum atomic E-state index is -0.216. The highest BCUT2D eigenvalue weighted by Gasteiger charge is 2.24. The normalized spacial score (nSPS) is 12.2. The Bertz CT molecular complexity index is 363. The molecule has 0 bridgehead atoms. The second-order valence-electron chi connectivity index (χ2n) is 3.76. The molecular formula is C11H19BN2O2+. The number of rotatable bonds is 5. The monoisotopic (exact) mass is 222 g/mol. The van der Waals surface area contributed by atoms with Crippen molar-refractivity contribution >= 4 is 19.0 Å². The van der Waals surface area contributed by atoms with Crippen LogP contribution in [0.5, 0.6) is 0 Å². The van der Waals surface area contributed by atoms with Crippen molar-refractivity contribution in [3.63, 3.8) is 0 Å². The third-order valence-electron chi connectivity index (χ3n) is 2.52. The van der Waals surface area contributed by atoms with Crippen LogP contribution in [-0.2, 0) is 23.1 Å². The molecule has 5 heteroatoms. The van der Waals surface area contributed by atoms with Crippen molar-refractivity contribution in [1.29, 1.82) is 0 Å². The molecular weight excluding hydrogens is 203 g/mol. The van der Waals surface area contributed by atoms with Crippen molar-refractivity contribution in [2.45, 2.75) is 33.1 Å². The van der Waals surface area contributed by atoms with Crippen molar-refractivity contribution in [1.82, 2.24) is 4.57 Å². The van der Waals surface area contributed by atoms with E-state index in [1.54, 1.807) is 0 Å². The summed E-state index contributed by atoms with van der Waals surface area (Å²) in [4.78, 5) is 11.5. The molecule has 0 aliphatic carbocycles. The SMILES string of the molecule is CCOC(=O)C(C)[B]c1n(CC)cc[n+]1C. The van der Waals surface area contributed by atoms with Crippen molar-refractivity contribution in [2.75, 3.05) is 6.61 Å². The molecule has 1 atom stereocenters. The summed E-state index contributed by atoms with van der Waals surface area (Å²) < 4.78 is 9.07. The molecule has 4 nitrogen and oxygen atoms in total. The predicted octanol–water partition coefficient (Wildman–Crippen LogP) is 0.0335. The van der Waals surface area contributed by atoms with Gasteiger partial charge in [-0.05, 0) is 13.8 Å².